The van der Waals surface area contributed by atoms with Gasteiger partial charge >= 0.3 is 29.6 Å². The molecule has 76 valence electrons. The number of nitrogens with zero attached hydrogens (tertiary/aromatic N) is 3. The van der Waals surface area contributed by atoms with Gasteiger partial charge in [-0.25, -0.2) is 4.98 Å². The van der Waals surface area contributed by atoms with Crippen molar-refractivity contribution in [3.8, 4) is 0 Å². The van der Waals surface area contributed by atoms with E-state index in [0.29, 0.717) is 0 Å². The van der Waals surface area contributed by atoms with Crippen LogP contribution in [0.2, 0.25) is 0 Å². The zero-order chi connectivity index (χ0) is 10.7. The molecule has 1 rings (SSSR count). The van der Waals surface area contributed by atoms with Crippen LogP contribution in [0.3, 0.4) is 0 Å². The minimum Gasteiger partial charge on any atom is -0.543 e. The molecule has 0 saturated heterocycles. The Labute approximate surface area is 109 Å². The number of hydrogen-bond acceptors (Lipinski definition) is 4. The molecule has 7 heteroatoms. The monoisotopic (exact) mass is 219 g/mol. The van der Waals surface area contributed by atoms with Crippen molar-refractivity contribution in [3.05, 3.63) is 18.2 Å². The molecule has 0 fully saturated rings. The van der Waals surface area contributed by atoms with Crippen molar-refractivity contribution in [3.63, 3.8) is 0 Å². The predicted molar refractivity (Wildman–Crippen MR) is 45.3 cm³/mol. The van der Waals surface area contributed by atoms with Gasteiger partial charge in [0.05, 0.1) is 12.3 Å². The number of imidazole rings is 1. The molecule has 1 aromatic heterocycles. The molecule has 6 nitrogen and oxygen atoms in total. The zero-order valence-electron chi connectivity index (χ0n) is 8.93. The molecule has 0 bridgehead atoms. The van der Waals surface area contributed by atoms with Crippen LogP contribution >= 0.6 is 0 Å². The van der Waals surface area contributed by atoms with E-state index < -0.39 is 5.97 Å². The number of amides is 1. The smallest absolute Gasteiger partial charge is 0.543 e. The first-order valence-electron chi connectivity index (χ1n) is 3.94. The van der Waals surface area contributed by atoms with Crippen molar-refractivity contribution in [2.24, 2.45) is 0 Å². The van der Waals surface area contributed by atoms with E-state index in [1.165, 1.54) is 22.0 Å². The third-order valence-corrected chi connectivity index (χ3v) is 1.66. The average molecular weight is 219 g/mol. The topological polar surface area (TPSA) is 78.3 Å². The van der Waals surface area contributed by atoms with Gasteiger partial charge in [-0.3, -0.25) is 4.79 Å². The summed E-state index contributed by atoms with van der Waals surface area (Å²) in [6.45, 7) is 0.0767. The van der Waals surface area contributed by atoms with Crippen molar-refractivity contribution in [2.75, 3.05) is 14.1 Å². The summed E-state index contributed by atoms with van der Waals surface area (Å²) in [5, 5.41) is 10.4. The molecule has 0 aliphatic rings. The van der Waals surface area contributed by atoms with E-state index in [-0.39, 0.29) is 47.7 Å². The molecule has 0 atom stereocenters. The van der Waals surface area contributed by atoms with Crippen LogP contribution in [0.1, 0.15) is 10.5 Å². The van der Waals surface area contributed by atoms with Crippen LogP contribution in [0.25, 0.3) is 0 Å². The summed E-state index contributed by atoms with van der Waals surface area (Å²) in [4.78, 5) is 26.5. The quantitative estimate of drug-likeness (QED) is 0.479. The van der Waals surface area contributed by atoms with Crippen molar-refractivity contribution in [2.45, 2.75) is 6.54 Å². The number of carboxylic acids is 1. The first-order chi connectivity index (χ1) is 6.50. The molecule has 1 aromatic rings. The van der Waals surface area contributed by atoms with Gasteiger partial charge in [0.1, 0.15) is 12.2 Å². The van der Waals surface area contributed by atoms with Crippen LogP contribution in [0.4, 0.5) is 0 Å². The number of aromatic nitrogens is 2. The van der Waals surface area contributed by atoms with Crippen LogP contribution in [-0.2, 0) is 11.3 Å². The van der Waals surface area contributed by atoms with Gasteiger partial charge in [0.15, 0.2) is 0 Å². The van der Waals surface area contributed by atoms with Crippen molar-refractivity contribution in [1.29, 1.82) is 0 Å². The van der Waals surface area contributed by atoms with Crippen LogP contribution < -0.4 is 34.7 Å². The van der Waals surface area contributed by atoms with E-state index in [4.69, 9.17) is 0 Å². The van der Waals surface area contributed by atoms with Crippen LogP contribution in [0.15, 0.2) is 12.5 Å². The minimum absolute atomic E-state index is 0. The van der Waals surface area contributed by atoms with Crippen molar-refractivity contribution in [1.82, 2.24) is 14.5 Å². The number of hydrogen-bond donors (Lipinski definition) is 0. The Morgan fingerprint density at radius 1 is 1.53 bits per heavy atom. The standard InChI is InChI=1S/C8H11N3O3.Na/c1-10(2)7(12)4-11-3-6(8(13)14)9-5-11;/h3,5H,4H2,1-2H3,(H,13,14);/q;+1/p-1. The molecule has 0 aliphatic carbocycles. The number of carbonyl (C=O) groups excluding carboxylic acids is 2. The largest absolute Gasteiger partial charge is 1.00 e. The van der Waals surface area contributed by atoms with Gasteiger partial charge in [0.25, 0.3) is 0 Å². The van der Waals surface area contributed by atoms with Gasteiger partial charge in [-0.05, 0) is 0 Å². The summed E-state index contributed by atoms with van der Waals surface area (Å²) < 4.78 is 1.40. The first kappa shape index (κ1) is 14.2. The van der Waals surface area contributed by atoms with Gasteiger partial charge < -0.3 is 19.4 Å². The second kappa shape index (κ2) is 5.89. The molecule has 15 heavy (non-hydrogen) atoms. The normalized spacial score (nSPS) is 9.20. The van der Waals surface area contributed by atoms with Crippen LogP contribution in [0, 0.1) is 0 Å². The molecular weight excluding hydrogens is 209 g/mol. The van der Waals surface area contributed by atoms with Crippen molar-refractivity contribution < 1.29 is 44.3 Å². The molecule has 0 N–H and O–H groups in total. The van der Waals surface area contributed by atoms with Crippen LogP contribution in [-0.4, -0.2) is 40.4 Å². The Bertz CT molecular complexity index is 362. The number of rotatable bonds is 3. The number of aromatic carboxylic acids is 1. The maximum Gasteiger partial charge on any atom is 1.00 e. The molecule has 0 radical (unpaired) electrons. The molecule has 0 saturated carbocycles. The molecule has 0 aromatic carbocycles. The van der Waals surface area contributed by atoms with Crippen LogP contribution in [0.5, 0.6) is 0 Å². The van der Waals surface area contributed by atoms with Crippen molar-refractivity contribution >= 4 is 11.9 Å². The van der Waals surface area contributed by atoms with Gasteiger partial charge in [-0.15, -0.1) is 0 Å². The zero-order valence-corrected chi connectivity index (χ0v) is 10.9. The third-order valence-electron chi connectivity index (χ3n) is 1.66. The number of likely N-dealkylation sites (N-methyl/N-ethyl adjacent to an activating group) is 1. The fourth-order valence-corrected chi connectivity index (χ4v) is 0.850. The molecule has 1 heterocycles. The van der Waals surface area contributed by atoms with Gasteiger partial charge in [0.2, 0.25) is 5.91 Å². The number of carbonyl (C=O) groups is 2. The molecule has 1 amide bonds. The van der Waals surface area contributed by atoms with E-state index in [1.54, 1.807) is 14.1 Å². The molecule has 0 aliphatic heterocycles. The molecular formula is C8H10N3NaO3. The molecule has 0 spiro atoms. The summed E-state index contributed by atoms with van der Waals surface area (Å²) in [5.41, 5.74) is -0.170. The van der Waals surface area contributed by atoms with Gasteiger partial charge in [0, 0.05) is 20.3 Å². The second-order valence-corrected chi connectivity index (χ2v) is 3.01. The maximum atomic E-state index is 11.2. The SMILES string of the molecule is CN(C)C(=O)Cn1cnc(C(=O)[O-])c1.[Na+]. The Morgan fingerprint density at radius 3 is 2.53 bits per heavy atom. The summed E-state index contributed by atoms with van der Waals surface area (Å²) >= 11 is 0. The second-order valence-electron chi connectivity index (χ2n) is 3.01. The average Bonchev–Trinajstić information content (AvgIpc) is 2.52. The fourth-order valence-electron chi connectivity index (χ4n) is 0.850. The Hall–Kier alpha value is -0.850. The maximum absolute atomic E-state index is 11.2. The van der Waals surface area contributed by atoms with E-state index in [2.05, 4.69) is 4.98 Å². The summed E-state index contributed by atoms with van der Waals surface area (Å²) in [6, 6.07) is 0. The third kappa shape index (κ3) is 4.03. The van der Waals surface area contributed by atoms with Gasteiger partial charge in [-0.1, -0.05) is 0 Å². The fraction of sp³-hybridized carbons (Fsp3) is 0.375. The van der Waals surface area contributed by atoms with Gasteiger partial charge in [-0.2, -0.15) is 0 Å². The molecule has 0 unspecified atom stereocenters. The Morgan fingerprint density at radius 2 is 2.13 bits per heavy atom. The van der Waals surface area contributed by atoms with E-state index in [1.807, 2.05) is 0 Å². The summed E-state index contributed by atoms with van der Waals surface area (Å²) in [7, 11) is 3.25. The van der Waals surface area contributed by atoms with E-state index >= 15 is 0 Å². The Kier molecular flexibility index (Phi) is 5.56. The van der Waals surface area contributed by atoms with E-state index in [9.17, 15) is 14.7 Å². The first-order valence-corrected chi connectivity index (χ1v) is 3.94. The summed E-state index contributed by atoms with van der Waals surface area (Å²) in [6.07, 6.45) is 2.54. The number of carboxylic acid groups (broad SMARTS) is 1. The van der Waals surface area contributed by atoms with E-state index in [0.717, 1.165) is 0 Å². The summed E-state index contributed by atoms with van der Waals surface area (Å²) in [5.74, 6) is -1.48. The predicted octanol–water partition coefficient (Wildman–Crippen LogP) is -4.66. The Balaban J connectivity index is 0.00000196. The minimum atomic E-state index is -1.35.